The van der Waals surface area contributed by atoms with Crippen LogP contribution in [0.25, 0.3) is 11.1 Å². The predicted molar refractivity (Wildman–Crippen MR) is 74.5 cm³/mol. The zero-order valence-corrected chi connectivity index (χ0v) is 11.4. The highest BCUT2D eigenvalue weighted by atomic mass is 32.2. The van der Waals surface area contributed by atoms with Crippen LogP contribution >= 0.6 is 11.8 Å². The van der Waals surface area contributed by atoms with Gasteiger partial charge in [0.25, 0.3) is 5.22 Å². The summed E-state index contributed by atoms with van der Waals surface area (Å²) in [5.41, 5.74) is 1.58. The second-order valence-corrected chi connectivity index (χ2v) is 5.08. The first kappa shape index (κ1) is 13.9. The Balaban J connectivity index is 1.89. The molecule has 6 heteroatoms. The van der Waals surface area contributed by atoms with Gasteiger partial charge in [-0.3, -0.25) is 4.79 Å². The van der Waals surface area contributed by atoms with Crippen LogP contribution in [0.1, 0.15) is 13.3 Å². The lowest BCUT2D eigenvalue weighted by molar-refractivity contribution is -0.139. The summed E-state index contributed by atoms with van der Waals surface area (Å²) >= 11 is 1.44. The van der Waals surface area contributed by atoms with Crippen molar-refractivity contribution in [2.24, 2.45) is 0 Å². The molecule has 0 saturated heterocycles. The third-order valence-corrected chi connectivity index (χ3v) is 3.52. The fourth-order valence-corrected chi connectivity index (χ4v) is 2.58. The molecule has 0 aliphatic carbocycles. The standard InChI is InChI=1S/C13H16N2O3S/c1-2-14-10(12(16)17)7-8-19-13-15-9-5-3-4-6-11(9)18-13/h3-6,10,14H,2,7-8H2,1H3,(H,16,17). The third kappa shape index (κ3) is 3.71. The van der Waals surface area contributed by atoms with Crippen molar-refractivity contribution in [3.63, 3.8) is 0 Å². The number of oxazole rings is 1. The number of carboxylic acid groups (broad SMARTS) is 1. The van der Waals surface area contributed by atoms with Crippen molar-refractivity contribution in [1.82, 2.24) is 10.3 Å². The number of nitrogens with one attached hydrogen (secondary N) is 1. The summed E-state index contributed by atoms with van der Waals surface area (Å²) in [6.07, 6.45) is 0.534. The van der Waals surface area contributed by atoms with E-state index >= 15 is 0 Å². The van der Waals surface area contributed by atoms with Crippen LogP contribution in [0.15, 0.2) is 33.9 Å². The molecular formula is C13H16N2O3S. The van der Waals surface area contributed by atoms with Gasteiger partial charge in [-0.1, -0.05) is 30.8 Å². The molecule has 0 bridgehead atoms. The van der Waals surface area contributed by atoms with Gasteiger partial charge >= 0.3 is 5.97 Å². The second kappa shape index (κ2) is 6.58. The minimum absolute atomic E-state index is 0.512. The molecule has 0 aliphatic rings. The Morgan fingerprint density at radius 1 is 1.53 bits per heavy atom. The fourth-order valence-electron chi connectivity index (χ4n) is 1.74. The molecular weight excluding hydrogens is 264 g/mol. The molecule has 2 N–H and O–H groups in total. The van der Waals surface area contributed by atoms with E-state index in [0.717, 1.165) is 11.1 Å². The molecule has 19 heavy (non-hydrogen) atoms. The monoisotopic (exact) mass is 280 g/mol. The summed E-state index contributed by atoms with van der Waals surface area (Å²) in [5.74, 6) is -0.170. The predicted octanol–water partition coefficient (Wildman–Crippen LogP) is 2.37. The molecule has 0 amide bonds. The number of hydrogen-bond donors (Lipinski definition) is 2. The van der Waals surface area contributed by atoms with E-state index in [9.17, 15) is 4.79 Å². The molecule has 102 valence electrons. The topological polar surface area (TPSA) is 75.4 Å². The van der Waals surface area contributed by atoms with Gasteiger partial charge in [0.15, 0.2) is 5.58 Å². The number of nitrogens with zero attached hydrogens (tertiary/aromatic N) is 1. The number of para-hydroxylation sites is 2. The summed E-state index contributed by atoms with van der Waals surface area (Å²) < 4.78 is 5.55. The number of benzene rings is 1. The van der Waals surface area contributed by atoms with E-state index < -0.39 is 12.0 Å². The molecule has 0 aliphatic heterocycles. The lowest BCUT2D eigenvalue weighted by atomic mass is 10.2. The first-order valence-corrected chi connectivity index (χ1v) is 7.14. The minimum atomic E-state index is -0.819. The van der Waals surface area contributed by atoms with Crippen molar-refractivity contribution in [2.45, 2.75) is 24.6 Å². The highest BCUT2D eigenvalue weighted by Gasteiger charge is 2.16. The molecule has 0 radical (unpaired) electrons. The lowest BCUT2D eigenvalue weighted by Gasteiger charge is -2.11. The largest absolute Gasteiger partial charge is 0.480 e. The Kier molecular flexibility index (Phi) is 4.81. The van der Waals surface area contributed by atoms with Crippen LogP contribution in [0.4, 0.5) is 0 Å². The van der Waals surface area contributed by atoms with Crippen LogP contribution in [0, 0.1) is 0 Å². The highest BCUT2D eigenvalue weighted by Crippen LogP contribution is 2.23. The van der Waals surface area contributed by atoms with Crippen molar-refractivity contribution in [2.75, 3.05) is 12.3 Å². The maximum atomic E-state index is 11.0. The van der Waals surface area contributed by atoms with Gasteiger partial charge in [0.2, 0.25) is 0 Å². The first-order chi connectivity index (χ1) is 9.20. The third-order valence-electron chi connectivity index (χ3n) is 2.65. The number of thioether (sulfide) groups is 1. The van der Waals surface area contributed by atoms with E-state index in [2.05, 4.69) is 10.3 Å². The summed E-state index contributed by atoms with van der Waals surface area (Å²) in [5, 5.41) is 12.5. The molecule has 0 saturated carbocycles. The molecule has 2 rings (SSSR count). The second-order valence-electron chi connectivity index (χ2n) is 4.03. The van der Waals surface area contributed by atoms with Crippen LogP contribution < -0.4 is 5.32 Å². The van der Waals surface area contributed by atoms with Gasteiger partial charge in [0, 0.05) is 5.75 Å². The van der Waals surface area contributed by atoms with Crippen LogP contribution in [-0.4, -0.2) is 34.4 Å². The minimum Gasteiger partial charge on any atom is -0.480 e. The number of likely N-dealkylation sites (N-methyl/N-ethyl adjacent to an activating group) is 1. The van der Waals surface area contributed by atoms with E-state index in [1.807, 2.05) is 31.2 Å². The van der Waals surface area contributed by atoms with Gasteiger partial charge in [-0.05, 0) is 25.1 Å². The Bertz CT molecular complexity index is 523. The van der Waals surface area contributed by atoms with E-state index in [-0.39, 0.29) is 0 Å². The SMILES string of the molecule is CCNC(CCSc1nc2ccccc2o1)C(=O)O. The summed E-state index contributed by atoms with van der Waals surface area (Å²) in [7, 11) is 0. The Hall–Kier alpha value is -1.53. The molecule has 1 unspecified atom stereocenters. The van der Waals surface area contributed by atoms with Crippen LogP contribution in [-0.2, 0) is 4.79 Å². The molecule has 1 aromatic heterocycles. The van der Waals surface area contributed by atoms with Gasteiger partial charge in [0.1, 0.15) is 11.6 Å². The van der Waals surface area contributed by atoms with Crippen molar-refractivity contribution >= 4 is 28.8 Å². The molecule has 2 aromatic rings. The van der Waals surface area contributed by atoms with Crippen LogP contribution in [0.5, 0.6) is 0 Å². The van der Waals surface area contributed by atoms with Crippen molar-refractivity contribution in [3.05, 3.63) is 24.3 Å². The van der Waals surface area contributed by atoms with Crippen LogP contribution in [0.2, 0.25) is 0 Å². The van der Waals surface area contributed by atoms with E-state index in [0.29, 0.717) is 23.9 Å². The number of aromatic nitrogens is 1. The van der Waals surface area contributed by atoms with Gasteiger partial charge in [-0.15, -0.1) is 0 Å². The number of rotatable bonds is 7. The van der Waals surface area contributed by atoms with E-state index in [1.165, 1.54) is 11.8 Å². The van der Waals surface area contributed by atoms with Gasteiger partial charge in [-0.2, -0.15) is 0 Å². The molecule has 5 nitrogen and oxygen atoms in total. The van der Waals surface area contributed by atoms with Gasteiger partial charge in [-0.25, -0.2) is 4.98 Å². The maximum absolute atomic E-state index is 11.0. The molecule has 1 atom stereocenters. The fraction of sp³-hybridized carbons (Fsp3) is 0.385. The lowest BCUT2D eigenvalue weighted by Crippen LogP contribution is -2.36. The summed E-state index contributed by atoms with van der Waals surface area (Å²) in [6.45, 7) is 2.54. The quantitative estimate of drug-likeness (QED) is 0.758. The number of carboxylic acids is 1. The molecule has 0 spiro atoms. The van der Waals surface area contributed by atoms with E-state index in [1.54, 1.807) is 0 Å². The average molecular weight is 280 g/mol. The number of hydrogen-bond acceptors (Lipinski definition) is 5. The number of carbonyl (C=O) groups is 1. The number of fused-ring (bicyclic) bond motifs is 1. The summed E-state index contributed by atoms with van der Waals surface area (Å²) in [4.78, 5) is 15.3. The van der Waals surface area contributed by atoms with Crippen molar-refractivity contribution in [3.8, 4) is 0 Å². The average Bonchev–Trinajstić information content (AvgIpc) is 2.80. The zero-order valence-electron chi connectivity index (χ0n) is 10.6. The van der Waals surface area contributed by atoms with Gasteiger partial charge < -0.3 is 14.8 Å². The highest BCUT2D eigenvalue weighted by molar-refractivity contribution is 7.99. The van der Waals surface area contributed by atoms with E-state index in [4.69, 9.17) is 9.52 Å². The smallest absolute Gasteiger partial charge is 0.320 e. The Morgan fingerprint density at radius 3 is 3.00 bits per heavy atom. The first-order valence-electron chi connectivity index (χ1n) is 6.15. The Morgan fingerprint density at radius 2 is 2.32 bits per heavy atom. The number of aliphatic carboxylic acids is 1. The Labute approximate surface area is 115 Å². The van der Waals surface area contributed by atoms with Crippen LogP contribution in [0.3, 0.4) is 0 Å². The molecule has 1 aromatic carbocycles. The normalized spacial score (nSPS) is 12.7. The van der Waals surface area contributed by atoms with Crippen molar-refractivity contribution in [1.29, 1.82) is 0 Å². The van der Waals surface area contributed by atoms with Gasteiger partial charge in [0.05, 0.1) is 0 Å². The zero-order chi connectivity index (χ0) is 13.7. The van der Waals surface area contributed by atoms with Crippen molar-refractivity contribution < 1.29 is 14.3 Å². The molecule has 0 fully saturated rings. The summed E-state index contributed by atoms with van der Waals surface area (Å²) in [6, 6.07) is 7.05. The molecule has 1 heterocycles. The maximum Gasteiger partial charge on any atom is 0.320 e.